The quantitative estimate of drug-likeness (QED) is 0.664. The van der Waals surface area contributed by atoms with Gasteiger partial charge in [-0.3, -0.25) is 5.32 Å². The van der Waals surface area contributed by atoms with Crippen molar-refractivity contribution < 1.29 is 4.74 Å². The molecule has 2 fully saturated rings. The Kier molecular flexibility index (Phi) is 3.57. The molecule has 3 atom stereocenters. The number of hydrogen-bond acceptors (Lipinski definition) is 3. The molecule has 78 valence electrons. The number of nitrogens with one attached hydrogen (secondary N) is 2. The Balaban J connectivity index is 0.000000845. The lowest BCUT2D eigenvalue weighted by atomic mass is 9.96. The van der Waals surface area contributed by atoms with Crippen LogP contribution in [0.2, 0.25) is 0 Å². The average molecular weight is 207 g/mol. The van der Waals surface area contributed by atoms with E-state index in [4.69, 9.17) is 4.74 Å². The molecule has 0 aliphatic carbocycles. The van der Waals surface area contributed by atoms with Crippen molar-refractivity contribution in [3.05, 3.63) is 0 Å². The van der Waals surface area contributed by atoms with Crippen LogP contribution in [0.15, 0.2) is 0 Å². The Labute approximate surface area is 86.0 Å². The van der Waals surface area contributed by atoms with Crippen LogP contribution in [0.5, 0.6) is 0 Å². The predicted octanol–water partition coefficient (Wildman–Crippen LogP) is 0.742. The summed E-state index contributed by atoms with van der Waals surface area (Å²) in [5, 5.41) is 6.88. The number of rotatable bonds is 1. The Morgan fingerprint density at radius 3 is 2.69 bits per heavy atom. The average Bonchev–Trinajstić information content (AvgIpc) is 2.59. The van der Waals surface area contributed by atoms with E-state index >= 15 is 0 Å². The zero-order valence-electron chi connectivity index (χ0n) is 8.30. The maximum Gasteiger partial charge on any atom is 0.120 e. The van der Waals surface area contributed by atoms with E-state index in [-0.39, 0.29) is 18.1 Å². The van der Waals surface area contributed by atoms with Crippen molar-refractivity contribution in [3.8, 4) is 0 Å². The summed E-state index contributed by atoms with van der Waals surface area (Å²) in [5.41, 5.74) is -0.0666. The van der Waals surface area contributed by atoms with Gasteiger partial charge in [0, 0.05) is 18.5 Å². The lowest BCUT2D eigenvalue weighted by Crippen LogP contribution is -2.47. The summed E-state index contributed by atoms with van der Waals surface area (Å²) in [6.07, 6.45) is 1.23. The third kappa shape index (κ3) is 2.15. The van der Waals surface area contributed by atoms with Gasteiger partial charge in [-0.15, -0.1) is 12.4 Å². The fourth-order valence-corrected chi connectivity index (χ4v) is 2.23. The lowest BCUT2D eigenvalue weighted by Gasteiger charge is -2.30. The van der Waals surface area contributed by atoms with E-state index < -0.39 is 0 Å². The molecule has 13 heavy (non-hydrogen) atoms. The zero-order chi connectivity index (χ0) is 8.60. The van der Waals surface area contributed by atoms with Crippen LogP contribution in [0, 0.1) is 5.92 Å². The van der Waals surface area contributed by atoms with Gasteiger partial charge in [-0.2, -0.15) is 0 Å². The summed E-state index contributed by atoms with van der Waals surface area (Å²) in [4.78, 5) is 0. The molecule has 0 aromatic rings. The minimum atomic E-state index is -0.0666. The number of halogens is 1. The van der Waals surface area contributed by atoms with Gasteiger partial charge in [-0.1, -0.05) is 0 Å². The first-order chi connectivity index (χ1) is 5.71. The molecule has 2 aliphatic heterocycles. The minimum absolute atomic E-state index is 0. The maximum atomic E-state index is 5.79. The van der Waals surface area contributed by atoms with E-state index in [0.717, 1.165) is 19.7 Å². The predicted molar refractivity (Wildman–Crippen MR) is 55.2 cm³/mol. The van der Waals surface area contributed by atoms with Crippen molar-refractivity contribution in [3.63, 3.8) is 0 Å². The van der Waals surface area contributed by atoms with Gasteiger partial charge < -0.3 is 10.1 Å². The summed E-state index contributed by atoms with van der Waals surface area (Å²) >= 11 is 0. The molecular weight excluding hydrogens is 188 g/mol. The largest absolute Gasteiger partial charge is 0.359 e. The van der Waals surface area contributed by atoms with Crippen LogP contribution in [0.4, 0.5) is 0 Å². The molecule has 2 rings (SSSR count). The van der Waals surface area contributed by atoms with Crippen LogP contribution in [0.25, 0.3) is 0 Å². The first-order valence-electron chi connectivity index (χ1n) is 4.83. The Morgan fingerprint density at radius 1 is 1.46 bits per heavy atom. The van der Waals surface area contributed by atoms with Crippen LogP contribution in [0.3, 0.4) is 0 Å². The Bertz CT molecular complexity index is 173. The molecule has 4 heteroatoms. The van der Waals surface area contributed by atoms with Gasteiger partial charge in [0.2, 0.25) is 0 Å². The summed E-state index contributed by atoms with van der Waals surface area (Å²) in [7, 11) is 0. The number of ether oxygens (including phenoxy) is 1. The van der Waals surface area contributed by atoms with Crippen molar-refractivity contribution in [2.45, 2.75) is 32.0 Å². The lowest BCUT2D eigenvalue weighted by molar-refractivity contribution is -0.0365. The highest BCUT2D eigenvalue weighted by atomic mass is 35.5. The van der Waals surface area contributed by atoms with Gasteiger partial charge >= 0.3 is 0 Å². The fourth-order valence-electron chi connectivity index (χ4n) is 2.23. The zero-order valence-corrected chi connectivity index (χ0v) is 9.12. The Hall–Kier alpha value is 0.170. The van der Waals surface area contributed by atoms with E-state index in [9.17, 15) is 0 Å². The molecule has 0 aromatic carbocycles. The van der Waals surface area contributed by atoms with Crippen molar-refractivity contribution in [2.24, 2.45) is 5.92 Å². The highest BCUT2D eigenvalue weighted by molar-refractivity contribution is 5.85. The molecule has 2 heterocycles. The third-order valence-electron chi connectivity index (χ3n) is 3.01. The van der Waals surface area contributed by atoms with Crippen LogP contribution in [-0.4, -0.2) is 31.5 Å². The first kappa shape index (κ1) is 11.2. The van der Waals surface area contributed by atoms with Crippen molar-refractivity contribution in [1.82, 2.24) is 10.6 Å². The standard InChI is InChI=1S/C9H18N2O.ClH/c1-7-6-12-9(2,11-7)8-3-4-10-5-8;/h7-8,10-11H,3-6H2,1-2H3;1H. The van der Waals surface area contributed by atoms with E-state index in [0.29, 0.717) is 12.0 Å². The van der Waals surface area contributed by atoms with E-state index in [1.807, 2.05) is 0 Å². The van der Waals surface area contributed by atoms with Crippen LogP contribution in [-0.2, 0) is 4.74 Å². The highest BCUT2D eigenvalue weighted by Crippen LogP contribution is 2.28. The molecule has 2 saturated heterocycles. The third-order valence-corrected chi connectivity index (χ3v) is 3.01. The molecule has 3 unspecified atom stereocenters. The summed E-state index contributed by atoms with van der Waals surface area (Å²) < 4.78 is 5.79. The van der Waals surface area contributed by atoms with Crippen molar-refractivity contribution in [1.29, 1.82) is 0 Å². The fraction of sp³-hybridized carbons (Fsp3) is 1.00. The summed E-state index contributed by atoms with van der Waals surface area (Å²) in [6, 6.07) is 0.510. The molecule has 2 N–H and O–H groups in total. The smallest absolute Gasteiger partial charge is 0.120 e. The van der Waals surface area contributed by atoms with Crippen LogP contribution >= 0.6 is 12.4 Å². The van der Waals surface area contributed by atoms with Gasteiger partial charge in [-0.05, 0) is 26.8 Å². The van der Waals surface area contributed by atoms with Crippen molar-refractivity contribution in [2.75, 3.05) is 19.7 Å². The summed E-state index contributed by atoms with van der Waals surface area (Å²) in [6.45, 7) is 7.44. The molecule has 0 aromatic heterocycles. The second-order valence-corrected chi connectivity index (χ2v) is 4.15. The second-order valence-electron chi connectivity index (χ2n) is 4.15. The van der Waals surface area contributed by atoms with Gasteiger partial charge in [0.1, 0.15) is 5.72 Å². The second kappa shape index (κ2) is 4.13. The van der Waals surface area contributed by atoms with E-state index in [1.54, 1.807) is 0 Å². The Morgan fingerprint density at radius 2 is 2.23 bits per heavy atom. The highest BCUT2D eigenvalue weighted by Gasteiger charge is 2.41. The molecule has 0 radical (unpaired) electrons. The SMILES string of the molecule is CC1COC(C)(C2CCNC2)N1.Cl. The molecule has 0 spiro atoms. The van der Waals surface area contributed by atoms with E-state index in [1.165, 1.54) is 6.42 Å². The molecule has 2 aliphatic rings. The van der Waals surface area contributed by atoms with Gasteiger partial charge in [0.25, 0.3) is 0 Å². The minimum Gasteiger partial charge on any atom is -0.359 e. The molecule has 0 bridgehead atoms. The maximum absolute atomic E-state index is 5.79. The number of hydrogen-bond donors (Lipinski definition) is 2. The molecule has 0 amide bonds. The van der Waals surface area contributed by atoms with Crippen LogP contribution < -0.4 is 10.6 Å². The van der Waals surface area contributed by atoms with Crippen molar-refractivity contribution >= 4 is 12.4 Å². The van der Waals surface area contributed by atoms with Crippen LogP contribution in [0.1, 0.15) is 20.3 Å². The molecular formula is C9H19ClN2O. The topological polar surface area (TPSA) is 33.3 Å². The van der Waals surface area contributed by atoms with Gasteiger partial charge in [-0.25, -0.2) is 0 Å². The van der Waals surface area contributed by atoms with E-state index in [2.05, 4.69) is 24.5 Å². The monoisotopic (exact) mass is 206 g/mol. The normalized spacial score (nSPS) is 44.8. The molecule has 3 nitrogen and oxygen atoms in total. The summed E-state index contributed by atoms with van der Waals surface area (Å²) in [5.74, 6) is 0.641. The first-order valence-corrected chi connectivity index (χ1v) is 4.83. The molecule has 0 saturated carbocycles. The van der Waals surface area contributed by atoms with Gasteiger partial charge in [0.15, 0.2) is 0 Å². The van der Waals surface area contributed by atoms with Gasteiger partial charge in [0.05, 0.1) is 6.61 Å².